The molecule has 1 amide bonds. The number of hydrogen-bond donors (Lipinski definition) is 2. The SMILES string of the molecule is Cc1c(Nc2ccc(C(=O)NC3CCOCC3)nn2)cnn1-c1cccc(Cl)c1. The number of benzene rings is 1. The van der Waals surface area contributed by atoms with Gasteiger partial charge in [0, 0.05) is 24.3 Å². The van der Waals surface area contributed by atoms with Crippen LogP contribution in [0, 0.1) is 6.92 Å². The third-order valence-electron chi connectivity index (χ3n) is 4.78. The Balaban J connectivity index is 1.43. The summed E-state index contributed by atoms with van der Waals surface area (Å²) in [4.78, 5) is 12.3. The number of carbonyl (C=O) groups excluding carboxylic acids is 1. The first-order valence-electron chi connectivity index (χ1n) is 9.40. The van der Waals surface area contributed by atoms with Gasteiger partial charge in [0.2, 0.25) is 0 Å². The lowest BCUT2D eigenvalue weighted by molar-refractivity contribution is 0.0693. The van der Waals surface area contributed by atoms with Crippen LogP contribution in [0.25, 0.3) is 5.69 Å². The van der Waals surface area contributed by atoms with Crippen molar-refractivity contribution in [1.29, 1.82) is 0 Å². The summed E-state index contributed by atoms with van der Waals surface area (Å²) in [6.07, 6.45) is 3.34. The molecule has 1 aliphatic rings. The van der Waals surface area contributed by atoms with E-state index < -0.39 is 0 Å². The molecule has 29 heavy (non-hydrogen) atoms. The van der Waals surface area contributed by atoms with E-state index >= 15 is 0 Å². The molecule has 1 saturated heterocycles. The van der Waals surface area contributed by atoms with E-state index in [0.717, 1.165) is 29.9 Å². The van der Waals surface area contributed by atoms with Gasteiger partial charge in [0.25, 0.3) is 5.91 Å². The van der Waals surface area contributed by atoms with Gasteiger partial charge in [0.15, 0.2) is 11.5 Å². The van der Waals surface area contributed by atoms with Crippen molar-refractivity contribution in [2.45, 2.75) is 25.8 Å². The number of ether oxygens (including phenoxy) is 1. The van der Waals surface area contributed by atoms with Gasteiger partial charge in [0.1, 0.15) is 0 Å². The zero-order chi connectivity index (χ0) is 20.2. The van der Waals surface area contributed by atoms with E-state index in [-0.39, 0.29) is 17.6 Å². The lowest BCUT2D eigenvalue weighted by Gasteiger charge is -2.22. The Kier molecular flexibility index (Phi) is 5.73. The molecule has 0 spiro atoms. The fraction of sp³-hybridized carbons (Fsp3) is 0.300. The molecule has 3 heterocycles. The summed E-state index contributed by atoms with van der Waals surface area (Å²) < 4.78 is 7.09. The van der Waals surface area contributed by atoms with Gasteiger partial charge in [-0.25, -0.2) is 4.68 Å². The van der Waals surface area contributed by atoms with Gasteiger partial charge in [0.05, 0.1) is 23.3 Å². The minimum Gasteiger partial charge on any atom is -0.381 e. The second-order valence-corrected chi connectivity index (χ2v) is 7.26. The zero-order valence-corrected chi connectivity index (χ0v) is 16.7. The number of anilines is 2. The van der Waals surface area contributed by atoms with Crippen LogP contribution in [0.2, 0.25) is 5.02 Å². The number of carbonyl (C=O) groups is 1. The van der Waals surface area contributed by atoms with Crippen molar-refractivity contribution in [2.24, 2.45) is 0 Å². The average molecular weight is 413 g/mol. The van der Waals surface area contributed by atoms with Crippen LogP contribution in [-0.4, -0.2) is 45.1 Å². The standard InChI is InChI=1S/C20H21ClN6O2/c1-13-18(12-22-27(13)16-4-2-3-14(21)11-16)24-19-6-5-17(25-26-19)20(28)23-15-7-9-29-10-8-15/h2-6,11-12,15H,7-10H2,1H3,(H,23,28)(H,24,26). The van der Waals surface area contributed by atoms with Gasteiger partial charge in [-0.15, -0.1) is 10.2 Å². The Bertz CT molecular complexity index is 998. The van der Waals surface area contributed by atoms with E-state index in [1.807, 2.05) is 31.2 Å². The fourth-order valence-electron chi connectivity index (χ4n) is 3.16. The summed E-state index contributed by atoms with van der Waals surface area (Å²) in [6.45, 7) is 3.28. The van der Waals surface area contributed by atoms with Gasteiger partial charge < -0.3 is 15.4 Å². The number of hydrogen-bond acceptors (Lipinski definition) is 6. The molecule has 0 atom stereocenters. The van der Waals surface area contributed by atoms with Crippen LogP contribution in [-0.2, 0) is 4.74 Å². The highest BCUT2D eigenvalue weighted by molar-refractivity contribution is 6.30. The van der Waals surface area contributed by atoms with Crippen molar-refractivity contribution >= 4 is 29.0 Å². The third kappa shape index (κ3) is 4.55. The van der Waals surface area contributed by atoms with Crippen molar-refractivity contribution in [1.82, 2.24) is 25.3 Å². The molecular formula is C20H21ClN6O2. The van der Waals surface area contributed by atoms with Crippen molar-refractivity contribution in [3.05, 3.63) is 59.0 Å². The predicted molar refractivity (Wildman–Crippen MR) is 110 cm³/mol. The van der Waals surface area contributed by atoms with E-state index in [0.29, 0.717) is 24.1 Å². The maximum atomic E-state index is 12.3. The minimum absolute atomic E-state index is 0.121. The Morgan fingerprint density at radius 3 is 2.76 bits per heavy atom. The molecular weight excluding hydrogens is 392 g/mol. The molecule has 2 N–H and O–H groups in total. The molecule has 1 aliphatic heterocycles. The van der Waals surface area contributed by atoms with E-state index in [9.17, 15) is 4.79 Å². The number of nitrogens with zero attached hydrogens (tertiary/aromatic N) is 4. The van der Waals surface area contributed by atoms with Crippen molar-refractivity contribution in [2.75, 3.05) is 18.5 Å². The lowest BCUT2D eigenvalue weighted by Crippen LogP contribution is -2.39. The van der Waals surface area contributed by atoms with Crippen LogP contribution < -0.4 is 10.6 Å². The zero-order valence-electron chi connectivity index (χ0n) is 15.9. The number of halogens is 1. The number of aromatic nitrogens is 4. The summed E-state index contributed by atoms with van der Waals surface area (Å²) in [6, 6.07) is 11.0. The van der Waals surface area contributed by atoms with Gasteiger partial charge in [-0.1, -0.05) is 17.7 Å². The first-order valence-corrected chi connectivity index (χ1v) is 9.78. The molecule has 9 heteroatoms. The maximum absolute atomic E-state index is 12.3. The number of rotatable bonds is 5. The van der Waals surface area contributed by atoms with Crippen LogP contribution in [0.15, 0.2) is 42.6 Å². The molecule has 150 valence electrons. The molecule has 2 aromatic heterocycles. The van der Waals surface area contributed by atoms with Gasteiger partial charge in [-0.05, 0) is 50.1 Å². The van der Waals surface area contributed by atoms with E-state index in [1.54, 1.807) is 23.0 Å². The molecule has 1 fully saturated rings. The van der Waals surface area contributed by atoms with Gasteiger partial charge >= 0.3 is 0 Å². The summed E-state index contributed by atoms with van der Waals surface area (Å²) in [5.74, 6) is 0.308. The van der Waals surface area contributed by atoms with Crippen LogP contribution >= 0.6 is 11.6 Å². The van der Waals surface area contributed by atoms with E-state index in [4.69, 9.17) is 16.3 Å². The van der Waals surface area contributed by atoms with Crippen LogP contribution in [0.1, 0.15) is 29.0 Å². The molecule has 8 nitrogen and oxygen atoms in total. The van der Waals surface area contributed by atoms with Crippen molar-refractivity contribution < 1.29 is 9.53 Å². The Hall–Kier alpha value is -2.97. The topological polar surface area (TPSA) is 94.0 Å². The second kappa shape index (κ2) is 8.59. The largest absolute Gasteiger partial charge is 0.381 e. The minimum atomic E-state index is -0.221. The quantitative estimate of drug-likeness (QED) is 0.668. The highest BCUT2D eigenvalue weighted by Gasteiger charge is 2.18. The monoisotopic (exact) mass is 412 g/mol. The summed E-state index contributed by atoms with van der Waals surface area (Å²) in [5, 5.41) is 19.4. The normalized spacial score (nSPS) is 14.6. The average Bonchev–Trinajstić information content (AvgIpc) is 3.09. The lowest BCUT2D eigenvalue weighted by atomic mass is 10.1. The van der Waals surface area contributed by atoms with E-state index in [2.05, 4.69) is 25.9 Å². The Morgan fingerprint density at radius 2 is 2.03 bits per heavy atom. The van der Waals surface area contributed by atoms with Crippen LogP contribution in [0.5, 0.6) is 0 Å². The molecule has 0 unspecified atom stereocenters. The van der Waals surface area contributed by atoms with Gasteiger partial charge in [-0.3, -0.25) is 4.79 Å². The van der Waals surface area contributed by atoms with Crippen LogP contribution in [0.3, 0.4) is 0 Å². The van der Waals surface area contributed by atoms with Crippen molar-refractivity contribution in [3.8, 4) is 5.69 Å². The molecule has 0 saturated carbocycles. The van der Waals surface area contributed by atoms with Crippen LogP contribution in [0.4, 0.5) is 11.5 Å². The Labute approximate surface area is 173 Å². The molecule has 0 radical (unpaired) electrons. The summed E-state index contributed by atoms with van der Waals surface area (Å²) in [7, 11) is 0. The summed E-state index contributed by atoms with van der Waals surface area (Å²) in [5.41, 5.74) is 2.84. The molecule has 4 rings (SSSR count). The smallest absolute Gasteiger partial charge is 0.272 e. The number of amides is 1. The first-order chi connectivity index (χ1) is 14.1. The predicted octanol–water partition coefficient (Wildman–Crippen LogP) is 3.28. The summed E-state index contributed by atoms with van der Waals surface area (Å²) >= 11 is 6.07. The van der Waals surface area contributed by atoms with Gasteiger partial charge in [-0.2, -0.15) is 5.10 Å². The second-order valence-electron chi connectivity index (χ2n) is 6.82. The molecule has 1 aromatic carbocycles. The molecule has 0 aliphatic carbocycles. The fourth-order valence-corrected chi connectivity index (χ4v) is 3.34. The highest BCUT2D eigenvalue weighted by atomic mass is 35.5. The van der Waals surface area contributed by atoms with E-state index in [1.165, 1.54) is 0 Å². The third-order valence-corrected chi connectivity index (χ3v) is 5.01. The van der Waals surface area contributed by atoms with Crippen molar-refractivity contribution in [3.63, 3.8) is 0 Å². The number of nitrogens with one attached hydrogen (secondary N) is 2. The first kappa shape index (κ1) is 19.4. The molecule has 0 bridgehead atoms. The molecule has 3 aromatic rings. The highest BCUT2D eigenvalue weighted by Crippen LogP contribution is 2.23. The maximum Gasteiger partial charge on any atom is 0.272 e. The Morgan fingerprint density at radius 1 is 1.21 bits per heavy atom.